The first-order valence-electron chi connectivity index (χ1n) is 11.8. The number of nitrogens with one attached hydrogen (secondary N) is 1. The molecule has 0 spiro atoms. The van der Waals surface area contributed by atoms with Crippen molar-refractivity contribution < 1.29 is 32.5 Å². The number of rotatable bonds is 10. The van der Waals surface area contributed by atoms with Crippen LogP contribution in [0.2, 0.25) is 5.02 Å². The van der Waals surface area contributed by atoms with E-state index in [0.29, 0.717) is 69.9 Å². The number of hydrogen-bond acceptors (Lipinski definition) is 6. The topological polar surface area (TPSA) is 71.0 Å². The number of fused-ring (bicyclic) bond motifs is 1. The molecular weight excluding hydrogens is 541 g/mol. The molecule has 0 aliphatic carbocycles. The number of benzene rings is 2. The molecule has 0 saturated heterocycles. The molecule has 2 heterocycles. The van der Waals surface area contributed by atoms with Crippen LogP contribution in [-0.2, 0) is 17.4 Å². The minimum atomic E-state index is -4.47. The molecule has 0 fully saturated rings. The summed E-state index contributed by atoms with van der Waals surface area (Å²) < 4.78 is 51.1. The van der Waals surface area contributed by atoms with Crippen molar-refractivity contribution in [2.75, 3.05) is 30.5 Å². The van der Waals surface area contributed by atoms with E-state index in [4.69, 9.17) is 21.1 Å². The molecule has 0 saturated carbocycles. The molecule has 1 aliphatic heterocycles. The number of aliphatic hydroxyl groups is 1. The van der Waals surface area contributed by atoms with Gasteiger partial charge in [0.15, 0.2) is 0 Å². The number of nitrogens with zero attached hydrogens (tertiary/aromatic N) is 1. The lowest BCUT2D eigenvalue weighted by molar-refractivity contribution is -0.134. The summed E-state index contributed by atoms with van der Waals surface area (Å²) in [5, 5.41) is 13.0. The van der Waals surface area contributed by atoms with E-state index in [1.54, 1.807) is 42.5 Å². The number of halogens is 4. The monoisotopic (exact) mass is 566 g/mol. The Labute approximate surface area is 227 Å². The van der Waals surface area contributed by atoms with Crippen LogP contribution >= 0.6 is 22.9 Å². The van der Waals surface area contributed by atoms with Crippen LogP contribution in [0.4, 0.5) is 24.5 Å². The smallest absolute Gasteiger partial charge is 0.425 e. The van der Waals surface area contributed by atoms with E-state index in [0.717, 1.165) is 6.07 Å². The van der Waals surface area contributed by atoms with Gasteiger partial charge >= 0.3 is 6.18 Å². The summed E-state index contributed by atoms with van der Waals surface area (Å²) in [5.74, 6) is 0.636. The quantitative estimate of drug-likeness (QED) is 0.198. The number of amides is 1. The fourth-order valence-electron chi connectivity index (χ4n) is 4.12. The molecule has 6 nitrogen and oxygen atoms in total. The molecule has 4 rings (SSSR count). The zero-order valence-electron chi connectivity index (χ0n) is 20.5. The molecule has 1 atom stereocenters. The maximum absolute atomic E-state index is 13.8. The lowest BCUT2D eigenvalue weighted by Gasteiger charge is -2.26. The third kappa shape index (κ3) is 6.54. The molecule has 3 aromatic rings. The predicted octanol–water partition coefficient (Wildman–Crippen LogP) is 7.40. The lowest BCUT2D eigenvalue weighted by atomic mass is 10.0. The van der Waals surface area contributed by atoms with Crippen LogP contribution in [0.25, 0.3) is 0 Å². The first-order valence-corrected chi connectivity index (χ1v) is 13.0. The Kier molecular flexibility index (Phi) is 8.42. The molecule has 1 aliphatic rings. The molecule has 2 N–H and O–H groups in total. The van der Waals surface area contributed by atoms with Gasteiger partial charge < -0.3 is 24.8 Å². The van der Waals surface area contributed by atoms with Crippen molar-refractivity contribution in [2.45, 2.75) is 31.5 Å². The summed E-state index contributed by atoms with van der Waals surface area (Å²) in [6.07, 6.45) is -3.16. The van der Waals surface area contributed by atoms with Gasteiger partial charge in [0.1, 0.15) is 22.4 Å². The molecule has 1 aromatic heterocycles. The Hall–Kier alpha value is -3.37. The van der Waals surface area contributed by atoms with Crippen LogP contribution in [0.15, 0.2) is 60.9 Å². The summed E-state index contributed by atoms with van der Waals surface area (Å²) in [6.45, 7) is 4.06. The van der Waals surface area contributed by atoms with E-state index < -0.39 is 23.0 Å². The molecule has 38 heavy (non-hydrogen) atoms. The van der Waals surface area contributed by atoms with Crippen LogP contribution in [0, 0.1) is 0 Å². The van der Waals surface area contributed by atoms with Crippen molar-refractivity contribution in [3.8, 4) is 11.5 Å². The Bertz CT molecular complexity index is 1310. The van der Waals surface area contributed by atoms with Gasteiger partial charge in [0.05, 0.1) is 25.2 Å². The van der Waals surface area contributed by atoms with E-state index >= 15 is 0 Å². The van der Waals surface area contributed by atoms with Crippen LogP contribution in [0.1, 0.15) is 34.2 Å². The van der Waals surface area contributed by atoms with Crippen molar-refractivity contribution >= 4 is 40.2 Å². The van der Waals surface area contributed by atoms with E-state index in [1.807, 2.05) is 0 Å². The second-order valence-corrected chi connectivity index (χ2v) is 10.3. The Balaban J connectivity index is 1.63. The highest BCUT2D eigenvalue weighted by atomic mass is 35.5. The zero-order chi connectivity index (χ0) is 27.4. The van der Waals surface area contributed by atoms with E-state index in [9.17, 15) is 23.1 Å². The van der Waals surface area contributed by atoms with Crippen molar-refractivity contribution in [1.82, 2.24) is 0 Å². The van der Waals surface area contributed by atoms with Crippen LogP contribution in [0.5, 0.6) is 11.5 Å². The number of carbonyl (C=O) groups is 1. The number of allylic oxidation sites excluding steroid dienone is 1. The number of hydrogen-bond donors (Lipinski definition) is 2. The molecule has 2 aromatic carbocycles. The van der Waals surface area contributed by atoms with Gasteiger partial charge in [-0.25, -0.2) is 0 Å². The number of anilines is 2. The molecule has 1 unspecified atom stereocenters. The number of carbonyl (C=O) groups excluding carboxylic acids is 1. The van der Waals surface area contributed by atoms with Crippen molar-refractivity contribution in [2.24, 2.45) is 0 Å². The molecule has 11 heteroatoms. The highest BCUT2D eigenvalue weighted by Gasteiger charge is 2.39. The summed E-state index contributed by atoms with van der Waals surface area (Å²) in [6, 6.07) is 11.9. The zero-order valence-corrected chi connectivity index (χ0v) is 22.1. The summed E-state index contributed by atoms with van der Waals surface area (Å²) in [7, 11) is 1.50. The first kappa shape index (κ1) is 27.7. The van der Waals surface area contributed by atoms with Crippen LogP contribution in [-0.4, -0.2) is 31.3 Å². The number of ether oxygens (including phenoxy) is 2. The second kappa shape index (κ2) is 11.6. The van der Waals surface area contributed by atoms with Gasteiger partial charge in [0.25, 0.3) is 5.91 Å². The maximum Gasteiger partial charge on any atom is 0.425 e. The minimum Gasteiger partial charge on any atom is -0.513 e. The fraction of sp³-hybridized carbons (Fsp3) is 0.296. The van der Waals surface area contributed by atoms with Gasteiger partial charge in [-0.15, -0.1) is 11.3 Å². The second-order valence-electron chi connectivity index (χ2n) is 8.70. The third-order valence-corrected chi connectivity index (χ3v) is 7.42. The Morgan fingerprint density at radius 3 is 2.58 bits per heavy atom. The average molecular weight is 567 g/mol. The van der Waals surface area contributed by atoms with E-state index in [2.05, 4.69) is 11.9 Å². The largest absolute Gasteiger partial charge is 0.513 e. The van der Waals surface area contributed by atoms with Crippen LogP contribution in [0.3, 0.4) is 0 Å². The average Bonchev–Trinajstić information content (AvgIpc) is 3.47. The summed E-state index contributed by atoms with van der Waals surface area (Å²) in [5.41, 5.74) is 1.39. The normalized spacial score (nSPS) is 13.7. The van der Waals surface area contributed by atoms with Gasteiger partial charge in [0, 0.05) is 53.2 Å². The minimum absolute atomic E-state index is 0.0731. The number of aliphatic hydroxyl groups excluding tert-OH is 1. The fourth-order valence-corrected chi connectivity index (χ4v) is 5.26. The Morgan fingerprint density at radius 1 is 1.21 bits per heavy atom. The summed E-state index contributed by atoms with van der Waals surface area (Å²) in [4.78, 5) is 15.0. The highest BCUT2D eigenvalue weighted by Crippen LogP contribution is 2.44. The highest BCUT2D eigenvalue weighted by molar-refractivity contribution is 7.12. The number of thiophene rings is 1. The van der Waals surface area contributed by atoms with Crippen molar-refractivity contribution in [3.05, 3.63) is 81.2 Å². The molecule has 0 bridgehead atoms. The molecule has 202 valence electrons. The standard InChI is InChI=1S/C27H26ClF3N2O4S/c1-16(34)4-3-11-37-21-13-19(12-20(14-21)36-2)32-25(17-5-7-18(28)8-6-17)26(35)33-10-9-23-22(33)15-24(38-23)27(29,30)31/h5-8,12-15,25,32,34H,1,3-4,9-11H2,2H3. The van der Waals surface area contributed by atoms with Gasteiger partial charge in [-0.2, -0.15) is 13.2 Å². The maximum atomic E-state index is 13.8. The first-order chi connectivity index (χ1) is 18.0. The Morgan fingerprint density at radius 2 is 1.92 bits per heavy atom. The van der Waals surface area contributed by atoms with E-state index in [1.165, 1.54) is 12.0 Å². The molecule has 1 amide bonds. The van der Waals surface area contributed by atoms with Gasteiger partial charge in [0.2, 0.25) is 0 Å². The molecule has 0 radical (unpaired) electrons. The lowest BCUT2D eigenvalue weighted by Crippen LogP contribution is -2.37. The molecular formula is C27H26ClF3N2O4S. The van der Waals surface area contributed by atoms with Gasteiger partial charge in [-0.1, -0.05) is 30.3 Å². The van der Waals surface area contributed by atoms with Crippen molar-refractivity contribution in [1.29, 1.82) is 0 Å². The summed E-state index contributed by atoms with van der Waals surface area (Å²) >= 11 is 6.73. The van der Waals surface area contributed by atoms with Crippen LogP contribution < -0.4 is 19.7 Å². The van der Waals surface area contributed by atoms with Crippen molar-refractivity contribution in [3.63, 3.8) is 0 Å². The third-order valence-electron chi connectivity index (χ3n) is 5.94. The SMILES string of the molecule is C=C(O)CCCOc1cc(NC(C(=O)N2CCc3sc(C(F)(F)F)cc32)c2ccc(Cl)cc2)cc(OC)c1. The van der Waals surface area contributed by atoms with E-state index in [-0.39, 0.29) is 18.0 Å². The predicted molar refractivity (Wildman–Crippen MR) is 143 cm³/mol. The number of alkyl halides is 3. The van der Waals surface area contributed by atoms with Gasteiger partial charge in [-0.3, -0.25) is 4.79 Å². The van der Waals surface area contributed by atoms with Gasteiger partial charge in [-0.05, 0) is 30.2 Å². The number of methoxy groups -OCH3 is 1.